The third-order valence-corrected chi connectivity index (χ3v) is 1.90. The fourth-order valence-electron chi connectivity index (χ4n) is 0.975. The first kappa shape index (κ1) is 10.6. The maximum atomic E-state index is 13.1. The lowest BCUT2D eigenvalue weighted by Gasteiger charge is -1.97. The van der Waals surface area contributed by atoms with Crippen molar-refractivity contribution in [2.75, 3.05) is 0 Å². The van der Waals surface area contributed by atoms with E-state index in [0.29, 0.717) is 5.56 Å². The maximum Gasteiger partial charge on any atom is 0.158 e. The number of hydrogen-bond donors (Lipinski definition) is 0. The van der Waals surface area contributed by atoms with Crippen LogP contribution >= 0.6 is 0 Å². The van der Waals surface area contributed by atoms with Crippen LogP contribution < -0.4 is 0 Å². The normalized spacial score (nSPS) is 11.1. The van der Waals surface area contributed by atoms with Crippen LogP contribution in [0, 0.1) is 11.7 Å². The summed E-state index contributed by atoms with van der Waals surface area (Å²) in [6, 6.07) is 6.37. The lowest BCUT2D eigenvalue weighted by molar-refractivity contribution is -0.117. The Balaban J connectivity index is 2.79. The van der Waals surface area contributed by atoms with Crippen molar-refractivity contribution in [1.29, 1.82) is 0 Å². The number of rotatable bonds is 3. The zero-order chi connectivity index (χ0) is 10.6. The van der Waals surface area contributed by atoms with Crippen molar-refractivity contribution in [2.45, 2.75) is 13.8 Å². The van der Waals surface area contributed by atoms with Crippen LogP contribution in [0.3, 0.4) is 0 Å². The standard InChI is InChI=1S/C12H13FO/c1-9(2)12(14)8-7-10-5-3-4-6-11(10)13/h3-9H,1-2H3. The van der Waals surface area contributed by atoms with Gasteiger partial charge in [-0.3, -0.25) is 4.79 Å². The zero-order valence-corrected chi connectivity index (χ0v) is 8.33. The van der Waals surface area contributed by atoms with E-state index in [0.717, 1.165) is 0 Å². The third kappa shape index (κ3) is 2.80. The third-order valence-electron chi connectivity index (χ3n) is 1.90. The Bertz CT molecular complexity index is 353. The highest BCUT2D eigenvalue weighted by molar-refractivity contribution is 5.94. The first-order valence-corrected chi connectivity index (χ1v) is 4.57. The Kier molecular flexibility index (Phi) is 3.57. The SMILES string of the molecule is CC(C)C(=O)C=Cc1ccccc1F. The van der Waals surface area contributed by atoms with Crippen LogP contribution in [0.25, 0.3) is 6.08 Å². The lowest BCUT2D eigenvalue weighted by Crippen LogP contribution is -2.01. The molecule has 0 radical (unpaired) electrons. The molecule has 1 rings (SSSR count). The summed E-state index contributed by atoms with van der Waals surface area (Å²) in [5, 5.41) is 0. The molecule has 1 nitrogen and oxygen atoms in total. The van der Waals surface area contributed by atoms with Gasteiger partial charge in [-0.25, -0.2) is 4.39 Å². The topological polar surface area (TPSA) is 17.1 Å². The summed E-state index contributed by atoms with van der Waals surface area (Å²) >= 11 is 0. The van der Waals surface area contributed by atoms with Crippen molar-refractivity contribution in [3.05, 3.63) is 41.7 Å². The lowest BCUT2D eigenvalue weighted by atomic mass is 10.1. The molecule has 0 aromatic heterocycles. The smallest absolute Gasteiger partial charge is 0.158 e. The van der Waals surface area contributed by atoms with Crippen LogP contribution in [0.4, 0.5) is 4.39 Å². The average molecular weight is 192 g/mol. The van der Waals surface area contributed by atoms with Gasteiger partial charge in [-0.1, -0.05) is 32.0 Å². The molecule has 0 aliphatic rings. The van der Waals surface area contributed by atoms with Gasteiger partial charge in [0, 0.05) is 11.5 Å². The summed E-state index contributed by atoms with van der Waals surface area (Å²) in [7, 11) is 0. The molecule has 0 heterocycles. The molecule has 74 valence electrons. The van der Waals surface area contributed by atoms with E-state index >= 15 is 0 Å². The monoisotopic (exact) mass is 192 g/mol. The summed E-state index contributed by atoms with van der Waals surface area (Å²) in [6.45, 7) is 3.63. The Morgan fingerprint density at radius 2 is 2.00 bits per heavy atom. The van der Waals surface area contributed by atoms with Gasteiger partial charge in [0.05, 0.1) is 0 Å². The molecule has 0 spiro atoms. The van der Waals surface area contributed by atoms with Gasteiger partial charge in [0.2, 0.25) is 0 Å². The molecule has 0 bridgehead atoms. The van der Waals surface area contributed by atoms with E-state index in [4.69, 9.17) is 0 Å². The molecule has 0 N–H and O–H groups in total. The van der Waals surface area contributed by atoms with E-state index < -0.39 is 0 Å². The van der Waals surface area contributed by atoms with E-state index in [1.165, 1.54) is 18.2 Å². The number of hydrogen-bond acceptors (Lipinski definition) is 1. The Labute approximate surface area is 83.3 Å². The summed E-state index contributed by atoms with van der Waals surface area (Å²) in [6.07, 6.45) is 2.93. The molecular weight excluding hydrogens is 179 g/mol. The van der Waals surface area contributed by atoms with Crippen LogP contribution in [0.15, 0.2) is 30.3 Å². The van der Waals surface area contributed by atoms with Crippen molar-refractivity contribution < 1.29 is 9.18 Å². The Morgan fingerprint density at radius 1 is 1.36 bits per heavy atom. The molecule has 0 saturated carbocycles. The summed E-state index contributed by atoms with van der Waals surface area (Å²) < 4.78 is 13.1. The molecule has 1 aromatic rings. The Hall–Kier alpha value is -1.44. The van der Waals surface area contributed by atoms with E-state index in [9.17, 15) is 9.18 Å². The summed E-state index contributed by atoms with van der Waals surface area (Å²) in [5.74, 6) is -0.341. The van der Waals surface area contributed by atoms with Crippen LogP contribution in [-0.4, -0.2) is 5.78 Å². The van der Waals surface area contributed by atoms with E-state index in [1.54, 1.807) is 18.2 Å². The van der Waals surface area contributed by atoms with Crippen LogP contribution in [0.1, 0.15) is 19.4 Å². The highest BCUT2D eigenvalue weighted by Crippen LogP contribution is 2.08. The summed E-state index contributed by atoms with van der Waals surface area (Å²) in [5.41, 5.74) is 0.446. The average Bonchev–Trinajstić information content (AvgIpc) is 2.16. The van der Waals surface area contributed by atoms with Crippen molar-refractivity contribution in [1.82, 2.24) is 0 Å². The van der Waals surface area contributed by atoms with Gasteiger partial charge in [-0.05, 0) is 18.2 Å². The molecule has 0 saturated heterocycles. The molecular formula is C12H13FO. The molecule has 0 unspecified atom stereocenters. The molecule has 0 amide bonds. The number of halogens is 1. The van der Waals surface area contributed by atoms with Gasteiger partial charge in [0.15, 0.2) is 5.78 Å². The molecule has 0 aliphatic carbocycles. The fourth-order valence-corrected chi connectivity index (χ4v) is 0.975. The van der Waals surface area contributed by atoms with Crippen LogP contribution in [0.5, 0.6) is 0 Å². The molecule has 2 heteroatoms. The van der Waals surface area contributed by atoms with Crippen molar-refractivity contribution in [3.8, 4) is 0 Å². The molecule has 0 fully saturated rings. The van der Waals surface area contributed by atoms with Crippen LogP contribution in [0.2, 0.25) is 0 Å². The number of ketones is 1. The second kappa shape index (κ2) is 4.70. The van der Waals surface area contributed by atoms with Gasteiger partial charge in [0.25, 0.3) is 0 Å². The summed E-state index contributed by atoms with van der Waals surface area (Å²) in [4.78, 5) is 11.2. The number of carbonyl (C=O) groups is 1. The molecule has 14 heavy (non-hydrogen) atoms. The van der Waals surface area contributed by atoms with Gasteiger partial charge in [-0.15, -0.1) is 0 Å². The quantitative estimate of drug-likeness (QED) is 0.672. The van der Waals surface area contributed by atoms with Gasteiger partial charge < -0.3 is 0 Å². The van der Waals surface area contributed by atoms with Crippen molar-refractivity contribution in [2.24, 2.45) is 5.92 Å². The van der Waals surface area contributed by atoms with Crippen LogP contribution in [-0.2, 0) is 4.79 Å². The van der Waals surface area contributed by atoms with Crippen molar-refractivity contribution in [3.63, 3.8) is 0 Å². The minimum absolute atomic E-state index is 0.00764. The minimum Gasteiger partial charge on any atom is -0.295 e. The molecule has 0 atom stereocenters. The highest BCUT2D eigenvalue weighted by Gasteiger charge is 2.02. The molecule has 0 aliphatic heterocycles. The van der Waals surface area contributed by atoms with E-state index in [-0.39, 0.29) is 17.5 Å². The van der Waals surface area contributed by atoms with Gasteiger partial charge >= 0.3 is 0 Å². The second-order valence-corrected chi connectivity index (χ2v) is 3.41. The predicted molar refractivity (Wildman–Crippen MR) is 55.3 cm³/mol. The predicted octanol–water partition coefficient (Wildman–Crippen LogP) is 3.06. The van der Waals surface area contributed by atoms with Gasteiger partial charge in [-0.2, -0.15) is 0 Å². The fraction of sp³-hybridized carbons (Fsp3) is 0.250. The maximum absolute atomic E-state index is 13.1. The van der Waals surface area contributed by atoms with E-state index in [2.05, 4.69) is 0 Å². The number of allylic oxidation sites excluding steroid dienone is 1. The highest BCUT2D eigenvalue weighted by atomic mass is 19.1. The van der Waals surface area contributed by atoms with Gasteiger partial charge in [0.1, 0.15) is 5.82 Å². The minimum atomic E-state index is -0.305. The first-order chi connectivity index (χ1) is 6.61. The van der Waals surface area contributed by atoms with Crippen molar-refractivity contribution >= 4 is 11.9 Å². The second-order valence-electron chi connectivity index (χ2n) is 3.41. The number of carbonyl (C=O) groups excluding carboxylic acids is 1. The van der Waals surface area contributed by atoms with E-state index in [1.807, 2.05) is 13.8 Å². The first-order valence-electron chi connectivity index (χ1n) is 4.57. The Morgan fingerprint density at radius 3 is 2.57 bits per heavy atom. The molecule has 1 aromatic carbocycles. The zero-order valence-electron chi connectivity index (χ0n) is 8.33. The largest absolute Gasteiger partial charge is 0.295 e. The number of benzene rings is 1.